The van der Waals surface area contributed by atoms with Gasteiger partial charge < -0.3 is 15.4 Å². The van der Waals surface area contributed by atoms with E-state index in [4.69, 9.17) is 10.5 Å². The molecule has 0 radical (unpaired) electrons. The average molecular weight is 362 g/mol. The summed E-state index contributed by atoms with van der Waals surface area (Å²) >= 11 is 1.58. The average Bonchev–Trinajstić information content (AvgIpc) is 3.23. The molecule has 0 unspecified atom stereocenters. The largest absolute Gasteiger partial charge is 0.378 e. The quantitative estimate of drug-likeness (QED) is 0.802. The first kappa shape index (κ1) is 18.1. The van der Waals surface area contributed by atoms with E-state index in [1.165, 1.54) is 0 Å². The predicted octanol–water partition coefficient (Wildman–Crippen LogP) is 2.52. The lowest BCUT2D eigenvalue weighted by molar-refractivity contribution is 0.00843. The van der Waals surface area contributed by atoms with Crippen LogP contribution in [-0.2, 0) is 4.74 Å². The fourth-order valence-electron chi connectivity index (χ4n) is 3.33. The Morgan fingerprint density at radius 2 is 2.16 bits per heavy atom. The molecule has 0 spiro atoms. The molecular formula is C18H26N4O2S. The molecule has 6 nitrogen and oxygen atoms in total. The first-order valence-electron chi connectivity index (χ1n) is 8.81. The molecular weight excluding hydrogens is 336 g/mol. The van der Waals surface area contributed by atoms with Crippen molar-refractivity contribution >= 4 is 17.2 Å². The Hall–Kier alpha value is -1.70. The summed E-state index contributed by atoms with van der Waals surface area (Å²) in [7, 11) is 0. The first-order valence-corrected chi connectivity index (χ1v) is 9.69. The van der Waals surface area contributed by atoms with Crippen LogP contribution in [0.4, 0.5) is 0 Å². The number of hydrogen-bond donors (Lipinski definition) is 1. The standard InChI is InChI=1S/C18H26N4O2S/c1-13-12-16(14(2)22(13)18-20-7-11-25-18)17(23)21-8-4-15(5-9-21)24-10-3-6-19/h7,11-12,15H,3-6,8-10,19H2,1-2H3. The highest BCUT2D eigenvalue weighted by Gasteiger charge is 2.27. The predicted molar refractivity (Wildman–Crippen MR) is 99.5 cm³/mol. The molecule has 1 aliphatic rings. The van der Waals surface area contributed by atoms with Crippen molar-refractivity contribution in [2.24, 2.45) is 5.73 Å². The number of rotatable bonds is 6. The summed E-state index contributed by atoms with van der Waals surface area (Å²) in [6.45, 7) is 6.86. The molecule has 0 aliphatic carbocycles. The van der Waals surface area contributed by atoms with Crippen molar-refractivity contribution in [1.29, 1.82) is 0 Å². The number of carbonyl (C=O) groups is 1. The number of likely N-dealkylation sites (tertiary alicyclic amines) is 1. The summed E-state index contributed by atoms with van der Waals surface area (Å²) in [5.41, 5.74) is 8.26. The van der Waals surface area contributed by atoms with E-state index in [2.05, 4.69) is 9.55 Å². The minimum atomic E-state index is 0.108. The number of hydrogen-bond acceptors (Lipinski definition) is 5. The van der Waals surface area contributed by atoms with Crippen molar-refractivity contribution in [3.8, 4) is 5.13 Å². The van der Waals surface area contributed by atoms with E-state index in [1.807, 2.05) is 30.2 Å². The fourth-order valence-corrected chi connectivity index (χ4v) is 4.08. The molecule has 3 rings (SSSR count). The maximum absolute atomic E-state index is 13.0. The van der Waals surface area contributed by atoms with Gasteiger partial charge in [-0.25, -0.2) is 4.98 Å². The fraction of sp³-hybridized carbons (Fsp3) is 0.556. The maximum Gasteiger partial charge on any atom is 0.255 e. The van der Waals surface area contributed by atoms with Crippen molar-refractivity contribution in [3.63, 3.8) is 0 Å². The minimum absolute atomic E-state index is 0.108. The van der Waals surface area contributed by atoms with Crippen LogP contribution in [0.5, 0.6) is 0 Å². The van der Waals surface area contributed by atoms with E-state index >= 15 is 0 Å². The van der Waals surface area contributed by atoms with Gasteiger partial charge in [-0.2, -0.15) is 0 Å². The van der Waals surface area contributed by atoms with Crippen molar-refractivity contribution in [2.45, 2.75) is 39.2 Å². The minimum Gasteiger partial charge on any atom is -0.378 e. The molecule has 1 aliphatic heterocycles. The van der Waals surface area contributed by atoms with Crippen LogP contribution in [-0.4, -0.2) is 52.7 Å². The summed E-state index contributed by atoms with van der Waals surface area (Å²) < 4.78 is 7.88. The molecule has 3 heterocycles. The van der Waals surface area contributed by atoms with Gasteiger partial charge in [0.1, 0.15) is 0 Å². The molecule has 1 fully saturated rings. The Balaban J connectivity index is 1.66. The molecule has 25 heavy (non-hydrogen) atoms. The van der Waals surface area contributed by atoms with Gasteiger partial charge in [0.2, 0.25) is 0 Å². The van der Waals surface area contributed by atoms with E-state index < -0.39 is 0 Å². The Bertz CT molecular complexity index is 703. The number of ether oxygens (including phenoxy) is 1. The molecule has 2 N–H and O–H groups in total. The third-order valence-electron chi connectivity index (χ3n) is 4.70. The highest BCUT2D eigenvalue weighted by molar-refractivity contribution is 7.12. The van der Waals surface area contributed by atoms with Crippen LogP contribution < -0.4 is 5.73 Å². The summed E-state index contributed by atoms with van der Waals surface area (Å²) in [6.07, 6.45) is 4.71. The van der Waals surface area contributed by atoms with Gasteiger partial charge in [-0.05, 0) is 45.7 Å². The highest BCUT2D eigenvalue weighted by Crippen LogP contribution is 2.24. The molecule has 2 aromatic rings. The summed E-state index contributed by atoms with van der Waals surface area (Å²) in [5.74, 6) is 0.108. The van der Waals surface area contributed by atoms with Crippen LogP contribution in [0.3, 0.4) is 0 Å². The Morgan fingerprint density at radius 1 is 1.40 bits per heavy atom. The molecule has 2 aromatic heterocycles. The third-order valence-corrected chi connectivity index (χ3v) is 5.46. The zero-order chi connectivity index (χ0) is 17.8. The number of thiazole rings is 1. The lowest BCUT2D eigenvalue weighted by atomic mass is 10.1. The van der Waals surface area contributed by atoms with E-state index in [1.54, 1.807) is 17.5 Å². The Labute approximate surface area is 152 Å². The lowest BCUT2D eigenvalue weighted by Crippen LogP contribution is -2.41. The number of aryl methyl sites for hydroxylation is 1. The van der Waals surface area contributed by atoms with Crippen LogP contribution in [0.2, 0.25) is 0 Å². The normalized spacial score (nSPS) is 15.7. The Kier molecular flexibility index (Phi) is 5.88. The number of piperidine rings is 1. The molecule has 1 saturated heterocycles. The zero-order valence-corrected chi connectivity index (χ0v) is 15.7. The van der Waals surface area contributed by atoms with Crippen LogP contribution >= 0.6 is 11.3 Å². The maximum atomic E-state index is 13.0. The van der Waals surface area contributed by atoms with Gasteiger partial charge in [0.15, 0.2) is 5.13 Å². The van der Waals surface area contributed by atoms with Gasteiger partial charge in [-0.1, -0.05) is 0 Å². The van der Waals surface area contributed by atoms with Crippen molar-refractivity contribution < 1.29 is 9.53 Å². The molecule has 0 aromatic carbocycles. The SMILES string of the molecule is Cc1cc(C(=O)N2CCC(OCCCN)CC2)c(C)n1-c1nccs1. The lowest BCUT2D eigenvalue weighted by Gasteiger charge is -2.32. The van der Waals surface area contributed by atoms with E-state index in [-0.39, 0.29) is 12.0 Å². The van der Waals surface area contributed by atoms with E-state index in [0.717, 1.165) is 54.4 Å². The summed E-state index contributed by atoms with van der Waals surface area (Å²) in [6, 6.07) is 1.98. The van der Waals surface area contributed by atoms with Crippen LogP contribution in [0, 0.1) is 13.8 Å². The highest BCUT2D eigenvalue weighted by atomic mass is 32.1. The van der Waals surface area contributed by atoms with Crippen molar-refractivity contribution in [3.05, 3.63) is 34.6 Å². The molecule has 0 atom stereocenters. The van der Waals surface area contributed by atoms with Crippen LogP contribution in [0.25, 0.3) is 5.13 Å². The number of aromatic nitrogens is 2. The van der Waals surface area contributed by atoms with Gasteiger partial charge >= 0.3 is 0 Å². The van der Waals surface area contributed by atoms with E-state index in [9.17, 15) is 4.79 Å². The molecule has 136 valence electrons. The van der Waals surface area contributed by atoms with Gasteiger partial charge in [0.25, 0.3) is 5.91 Å². The molecule has 7 heteroatoms. The number of amides is 1. The smallest absolute Gasteiger partial charge is 0.255 e. The number of nitrogens with two attached hydrogens (primary N) is 1. The van der Waals surface area contributed by atoms with Crippen LogP contribution in [0.1, 0.15) is 41.0 Å². The van der Waals surface area contributed by atoms with Crippen LogP contribution in [0.15, 0.2) is 17.6 Å². The third kappa shape index (κ3) is 3.94. The second-order valence-electron chi connectivity index (χ2n) is 6.44. The van der Waals surface area contributed by atoms with Crippen molar-refractivity contribution in [1.82, 2.24) is 14.5 Å². The monoisotopic (exact) mass is 362 g/mol. The van der Waals surface area contributed by atoms with Gasteiger partial charge in [0, 0.05) is 42.7 Å². The number of carbonyl (C=O) groups excluding carboxylic acids is 1. The van der Waals surface area contributed by atoms with Gasteiger partial charge in [-0.3, -0.25) is 9.36 Å². The van der Waals surface area contributed by atoms with Crippen molar-refractivity contribution in [2.75, 3.05) is 26.2 Å². The second kappa shape index (κ2) is 8.12. The molecule has 0 bridgehead atoms. The van der Waals surface area contributed by atoms with Gasteiger partial charge in [-0.15, -0.1) is 11.3 Å². The first-order chi connectivity index (χ1) is 12.1. The van der Waals surface area contributed by atoms with E-state index in [0.29, 0.717) is 13.2 Å². The second-order valence-corrected chi connectivity index (χ2v) is 7.31. The number of nitrogens with zero attached hydrogens (tertiary/aromatic N) is 3. The zero-order valence-electron chi connectivity index (χ0n) is 14.9. The topological polar surface area (TPSA) is 73.4 Å². The molecule has 1 amide bonds. The molecule has 0 saturated carbocycles. The van der Waals surface area contributed by atoms with Gasteiger partial charge in [0.05, 0.1) is 11.7 Å². The summed E-state index contributed by atoms with van der Waals surface area (Å²) in [4.78, 5) is 19.3. The Morgan fingerprint density at radius 3 is 2.80 bits per heavy atom. The summed E-state index contributed by atoms with van der Waals surface area (Å²) in [5, 5.41) is 2.85.